The van der Waals surface area contributed by atoms with E-state index in [9.17, 15) is 8.42 Å². The smallest absolute Gasteiger partial charge is 0.225 e. The molecule has 2 aliphatic rings. The van der Waals surface area contributed by atoms with Crippen LogP contribution in [-0.4, -0.2) is 54.1 Å². The van der Waals surface area contributed by atoms with Crippen LogP contribution in [-0.2, 0) is 10.0 Å². The normalized spacial score (nSPS) is 20.6. The van der Waals surface area contributed by atoms with Crippen molar-refractivity contribution in [3.05, 3.63) is 17.5 Å². The lowest BCUT2D eigenvalue weighted by Crippen LogP contribution is -2.47. The fourth-order valence-corrected chi connectivity index (χ4v) is 4.92. The molecule has 1 aliphatic carbocycles. The van der Waals surface area contributed by atoms with Crippen LogP contribution in [0.3, 0.4) is 0 Å². The summed E-state index contributed by atoms with van der Waals surface area (Å²) in [5, 5.41) is -0.127. The van der Waals surface area contributed by atoms with E-state index in [-0.39, 0.29) is 11.3 Å². The van der Waals surface area contributed by atoms with E-state index in [0.717, 1.165) is 56.1 Å². The lowest BCUT2D eigenvalue weighted by atomic mass is 10.1. The van der Waals surface area contributed by atoms with Gasteiger partial charge in [0.1, 0.15) is 0 Å². The van der Waals surface area contributed by atoms with Gasteiger partial charge < -0.3 is 4.90 Å². The van der Waals surface area contributed by atoms with Crippen molar-refractivity contribution in [1.82, 2.24) is 14.3 Å². The Morgan fingerprint density at radius 2 is 1.64 bits per heavy atom. The van der Waals surface area contributed by atoms with Crippen LogP contribution in [0.2, 0.25) is 0 Å². The van der Waals surface area contributed by atoms with Crippen LogP contribution in [0.25, 0.3) is 0 Å². The Morgan fingerprint density at radius 3 is 2.14 bits per heavy atom. The zero-order valence-electron chi connectivity index (χ0n) is 13.5. The van der Waals surface area contributed by atoms with Gasteiger partial charge in [-0.25, -0.2) is 22.7 Å². The van der Waals surface area contributed by atoms with Crippen molar-refractivity contribution in [2.75, 3.05) is 25.0 Å². The third kappa shape index (κ3) is 3.10. The number of rotatable bonds is 4. The Bertz CT molecular complexity index is 629. The fraction of sp³-hybridized carbons (Fsp3) is 0.733. The zero-order chi connectivity index (χ0) is 15.9. The summed E-state index contributed by atoms with van der Waals surface area (Å²) < 4.78 is 26.3. The van der Waals surface area contributed by atoms with Gasteiger partial charge in [-0.2, -0.15) is 0 Å². The molecule has 0 spiro atoms. The number of aryl methyl sites for hydroxylation is 2. The highest BCUT2D eigenvalue weighted by atomic mass is 32.2. The second-order valence-electron chi connectivity index (χ2n) is 6.43. The Hall–Kier alpha value is -1.21. The van der Waals surface area contributed by atoms with Gasteiger partial charge >= 0.3 is 0 Å². The maximum absolute atomic E-state index is 12.3. The molecule has 0 bridgehead atoms. The van der Waals surface area contributed by atoms with E-state index in [1.165, 1.54) is 0 Å². The van der Waals surface area contributed by atoms with Crippen LogP contribution in [0.5, 0.6) is 0 Å². The summed E-state index contributed by atoms with van der Waals surface area (Å²) in [5.41, 5.74) is 1.94. The number of aromatic nitrogens is 2. The van der Waals surface area contributed by atoms with Gasteiger partial charge in [0.15, 0.2) is 0 Å². The van der Waals surface area contributed by atoms with Crippen molar-refractivity contribution in [1.29, 1.82) is 0 Å². The largest absolute Gasteiger partial charge is 0.341 e. The van der Waals surface area contributed by atoms with Gasteiger partial charge in [0, 0.05) is 37.6 Å². The Balaban J connectivity index is 1.65. The summed E-state index contributed by atoms with van der Waals surface area (Å²) >= 11 is 0. The third-order valence-corrected chi connectivity index (χ3v) is 6.99. The van der Waals surface area contributed by atoms with Crippen molar-refractivity contribution in [3.63, 3.8) is 0 Å². The van der Waals surface area contributed by atoms with Gasteiger partial charge in [0.05, 0.1) is 5.25 Å². The van der Waals surface area contributed by atoms with Gasteiger partial charge in [-0.05, 0) is 45.6 Å². The maximum atomic E-state index is 12.3. The number of sulfonamides is 1. The van der Waals surface area contributed by atoms with Crippen LogP contribution in [0.1, 0.15) is 37.1 Å². The van der Waals surface area contributed by atoms with Crippen LogP contribution in [0.4, 0.5) is 5.95 Å². The van der Waals surface area contributed by atoms with Crippen molar-refractivity contribution in [2.24, 2.45) is 0 Å². The summed E-state index contributed by atoms with van der Waals surface area (Å²) in [6.07, 6.45) is 3.31. The monoisotopic (exact) mass is 324 g/mol. The molecule has 1 aliphatic heterocycles. The van der Waals surface area contributed by atoms with E-state index < -0.39 is 10.0 Å². The molecule has 0 unspecified atom stereocenters. The van der Waals surface area contributed by atoms with Crippen molar-refractivity contribution >= 4 is 16.0 Å². The first-order valence-electron chi connectivity index (χ1n) is 7.92. The summed E-state index contributed by atoms with van der Waals surface area (Å²) in [7, 11) is -1.34. The highest BCUT2D eigenvalue weighted by molar-refractivity contribution is 7.90. The van der Waals surface area contributed by atoms with Crippen molar-refractivity contribution in [3.8, 4) is 0 Å². The molecule has 0 aromatic carbocycles. The highest BCUT2D eigenvalue weighted by Gasteiger charge is 2.41. The average Bonchev–Trinajstić information content (AvgIpc) is 3.30. The van der Waals surface area contributed by atoms with Gasteiger partial charge in [-0.1, -0.05) is 0 Å². The van der Waals surface area contributed by atoms with Crippen LogP contribution >= 0.6 is 0 Å². The van der Waals surface area contributed by atoms with Crippen LogP contribution in [0, 0.1) is 13.8 Å². The minimum Gasteiger partial charge on any atom is -0.341 e. The van der Waals surface area contributed by atoms with Gasteiger partial charge in [-0.15, -0.1) is 0 Å². The minimum absolute atomic E-state index is 0.104. The maximum Gasteiger partial charge on any atom is 0.225 e. The molecular formula is C15H24N4O2S. The predicted molar refractivity (Wildman–Crippen MR) is 86.4 cm³/mol. The number of hydrogen-bond acceptors (Lipinski definition) is 5. The number of anilines is 1. The first kappa shape index (κ1) is 15.7. The van der Waals surface area contributed by atoms with E-state index in [1.54, 1.807) is 11.4 Å². The zero-order valence-corrected chi connectivity index (χ0v) is 14.3. The summed E-state index contributed by atoms with van der Waals surface area (Å²) in [4.78, 5) is 11.2. The van der Waals surface area contributed by atoms with E-state index in [4.69, 9.17) is 0 Å². The molecule has 0 N–H and O–H groups in total. The molecule has 1 saturated carbocycles. The SMILES string of the molecule is Cc1cc(C)nc(N2CCC(N(C)S(=O)(=O)C3CC3)CC2)n1. The molecule has 122 valence electrons. The summed E-state index contributed by atoms with van der Waals surface area (Å²) in [6, 6.07) is 2.07. The summed E-state index contributed by atoms with van der Waals surface area (Å²) in [5.74, 6) is 0.767. The predicted octanol–water partition coefficient (Wildman–Crippen LogP) is 1.49. The number of nitrogens with zero attached hydrogens (tertiary/aromatic N) is 4. The molecular weight excluding hydrogens is 300 g/mol. The molecule has 2 heterocycles. The molecule has 1 aromatic heterocycles. The first-order chi connectivity index (χ1) is 10.4. The second-order valence-corrected chi connectivity index (χ2v) is 8.70. The van der Waals surface area contributed by atoms with E-state index in [1.807, 2.05) is 19.9 Å². The first-order valence-corrected chi connectivity index (χ1v) is 9.42. The van der Waals surface area contributed by atoms with E-state index >= 15 is 0 Å². The third-order valence-electron chi connectivity index (χ3n) is 4.58. The van der Waals surface area contributed by atoms with Gasteiger partial charge in [0.25, 0.3) is 0 Å². The molecule has 3 rings (SSSR count). The van der Waals surface area contributed by atoms with Crippen molar-refractivity contribution in [2.45, 2.75) is 50.8 Å². The Labute approximate surface area is 132 Å². The van der Waals surface area contributed by atoms with Crippen LogP contribution in [0.15, 0.2) is 6.07 Å². The van der Waals surface area contributed by atoms with Crippen molar-refractivity contribution < 1.29 is 8.42 Å². The molecule has 22 heavy (non-hydrogen) atoms. The molecule has 6 nitrogen and oxygen atoms in total. The molecule has 1 aromatic rings. The lowest BCUT2D eigenvalue weighted by Gasteiger charge is -2.36. The fourth-order valence-electron chi connectivity index (χ4n) is 3.09. The molecule has 1 saturated heterocycles. The Kier molecular flexibility index (Phi) is 4.11. The molecule has 7 heteroatoms. The average molecular weight is 324 g/mol. The van der Waals surface area contributed by atoms with Gasteiger partial charge in [0.2, 0.25) is 16.0 Å². The quantitative estimate of drug-likeness (QED) is 0.839. The highest BCUT2D eigenvalue weighted by Crippen LogP contribution is 2.33. The number of piperidine rings is 1. The van der Waals surface area contributed by atoms with Crippen LogP contribution < -0.4 is 4.90 Å². The second kappa shape index (κ2) is 5.77. The van der Waals surface area contributed by atoms with E-state index in [2.05, 4.69) is 14.9 Å². The lowest BCUT2D eigenvalue weighted by molar-refractivity contribution is 0.310. The standard InChI is InChI=1S/C15H24N4O2S/c1-11-10-12(2)17-15(16-11)19-8-6-13(7-9-19)18(3)22(20,21)14-4-5-14/h10,13-14H,4-9H2,1-3H3. The molecule has 0 radical (unpaired) electrons. The van der Waals surface area contributed by atoms with E-state index in [0.29, 0.717) is 0 Å². The topological polar surface area (TPSA) is 66.4 Å². The summed E-state index contributed by atoms with van der Waals surface area (Å²) in [6.45, 7) is 5.55. The Morgan fingerprint density at radius 1 is 1.09 bits per heavy atom. The molecule has 2 fully saturated rings. The number of hydrogen-bond donors (Lipinski definition) is 0. The van der Waals surface area contributed by atoms with Gasteiger partial charge in [-0.3, -0.25) is 0 Å². The molecule has 0 atom stereocenters. The minimum atomic E-state index is -3.08. The molecule has 0 amide bonds.